The number of benzene rings is 2. The second kappa shape index (κ2) is 6.46. The van der Waals surface area contributed by atoms with E-state index in [1.165, 1.54) is 16.8 Å². The summed E-state index contributed by atoms with van der Waals surface area (Å²) in [5.74, 6) is 0. The highest BCUT2D eigenvalue weighted by Crippen LogP contribution is 2.32. The Bertz CT molecular complexity index is 824. The zero-order chi connectivity index (χ0) is 16.5. The highest BCUT2D eigenvalue weighted by Gasteiger charge is 2.27. The average molecular weight is 383 g/mol. The molecule has 4 rings (SSSR count). The van der Waals surface area contributed by atoms with Gasteiger partial charge >= 0.3 is 0 Å². The number of anilines is 1. The van der Waals surface area contributed by atoms with Crippen molar-refractivity contribution in [3.63, 3.8) is 0 Å². The molecule has 4 heteroatoms. The van der Waals surface area contributed by atoms with Crippen molar-refractivity contribution in [2.24, 2.45) is 0 Å². The molecule has 0 aliphatic carbocycles. The third-order valence-electron chi connectivity index (χ3n) is 4.38. The van der Waals surface area contributed by atoms with Crippen LogP contribution < -0.4 is 4.90 Å². The summed E-state index contributed by atoms with van der Waals surface area (Å²) in [6.07, 6.45) is 4.22. The minimum Gasteiger partial charge on any atom is -0.352 e. The van der Waals surface area contributed by atoms with Gasteiger partial charge in [-0.15, -0.1) is 0 Å². The molecule has 0 bridgehead atoms. The van der Waals surface area contributed by atoms with Crippen LogP contribution in [0.3, 0.4) is 0 Å². The maximum absolute atomic E-state index is 6.01. The summed E-state index contributed by atoms with van der Waals surface area (Å²) in [4.78, 5) is 2.32. The van der Waals surface area contributed by atoms with E-state index in [0.29, 0.717) is 0 Å². The van der Waals surface area contributed by atoms with Gasteiger partial charge in [0, 0.05) is 40.3 Å². The quantitative estimate of drug-likeness (QED) is 0.627. The van der Waals surface area contributed by atoms with Crippen LogP contribution in [0.2, 0.25) is 0 Å². The Hall–Kier alpha value is -2.04. The van der Waals surface area contributed by atoms with Crippen molar-refractivity contribution in [3.8, 4) is 5.69 Å². The molecular weight excluding hydrogens is 364 g/mol. The zero-order valence-corrected chi connectivity index (χ0v) is 15.1. The van der Waals surface area contributed by atoms with E-state index in [1.807, 2.05) is 0 Å². The van der Waals surface area contributed by atoms with Gasteiger partial charge in [-0.2, -0.15) is 0 Å². The van der Waals surface area contributed by atoms with Crippen LogP contribution in [0.5, 0.6) is 0 Å². The van der Waals surface area contributed by atoms with Crippen LogP contribution in [-0.2, 0) is 4.74 Å². The lowest BCUT2D eigenvalue weighted by atomic mass is 10.2. The molecule has 2 heterocycles. The van der Waals surface area contributed by atoms with Gasteiger partial charge in [-0.05, 0) is 49.4 Å². The largest absolute Gasteiger partial charge is 0.352 e. The van der Waals surface area contributed by atoms with Crippen LogP contribution in [0.1, 0.15) is 17.4 Å². The zero-order valence-electron chi connectivity index (χ0n) is 13.5. The smallest absolute Gasteiger partial charge is 0.158 e. The number of nitrogens with zero attached hydrogens (tertiary/aromatic N) is 2. The van der Waals surface area contributed by atoms with Gasteiger partial charge < -0.3 is 14.2 Å². The van der Waals surface area contributed by atoms with Crippen molar-refractivity contribution in [3.05, 3.63) is 82.6 Å². The third-order valence-corrected chi connectivity index (χ3v) is 4.91. The predicted octanol–water partition coefficient (Wildman–Crippen LogP) is 5.08. The SMILES string of the molecule is Cc1ccc(N2CCOC2c2ccn(-c3ccc(Br)cc3)c2)cc1. The Morgan fingerprint density at radius 2 is 1.67 bits per heavy atom. The fraction of sp³-hybridized carbons (Fsp3) is 0.200. The molecular formula is C20H19BrN2O. The summed E-state index contributed by atoms with van der Waals surface area (Å²) in [6.45, 7) is 3.78. The number of hydrogen-bond acceptors (Lipinski definition) is 2. The molecule has 0 N–H and O–H groups in total. The lowest BCUT2D eigenvalue weighted by Crippen LogP contribution is -2.22. The number of halogens is 1. The van der Waals surface area contributed by atoms with E-state index in [4.69, 9.17) is 4.74 Å². The molecule has 1 unspecified atom stereocenters. The van der Waals surface area contributed by atoms with Gasteiger partial charge in [0.1, 0.15) is 0 Å². The van der Waals surface area contributed by atoms with Crippen molar-refractivity contribution >= 4 is 21.6 Å². The summed E-state index contributed by atoms with van der Waals surface area (Å²) >= 11 is 3.48. The summed E-state index contributed by atoms with van der Waals surface area (Å²) < 4.78 is 9.23. The number of hydrogen-bond donors (Lipinski definition) is 0. The van der Waals surface area contributed by atoms with Gasteiger partial charge in [0.25, 0.3) is 0 Å². The fourth-order valence-corrected chi connectivity index (χ4v) is 3.34. The molecule has 1 aliphatic rings. The van der Waals surface area contributed by atoms with Crippen LogP contribution >= 0.6 is 15.9 Å². The first kappa shape index (κ1) is 15.5. The molecule has 2 aromatic carbocycles. The first-order chi connectivity index (χ1) is 11.7. The summed E-state index contributed by atoms with van der Waals surface area (Å²) in [5.41, 5.74) is 4.80. The highest BCUT2D eigenvalue weighted by molar-refractivity contribution is 9.10. The Morgan fingerprint density at radius 3 is 2.42 bits per heavy atom. The number of rotatable bonds is 3. The Balaban J connectivity index is 1.61. The van der Waals surface area contributed by atoms with Crippen molar-refractivity contribution in [2.45, 2.75) is 13.2 Å². The average Bonchev–Trinajstić information content (AvgIpc) is 3.25. The lowest BCUT2D eigenvalue weighted by Gasteiger charge is -2.24. The van der Waals surface area contributed by atoms with Gasteiger partial charge in [-0.25, -0.2) is 0 Å². The molecule has 0 radical (unpaired) electrons. The minimum absolute atomic E-state index is 0.0237. The lowest BCUT2D eigenvalue weighted by molar-refractivity contribution is 0.114. The number of ether oxygens (including phenoxy) is 1. The van der Waals surface area contributed by atoms with E-state index >= 15 is 0 Å². The monoisotopic (exact) mass is 382 g/mol. The molecule has 0 spiro atoms. The van der Waals surface area contributed by atoms with E-state index in [2.05, 4.69) is 99.3 Å². The molecule has 1 aromatic heterocycles. The van der Waals surface area contributed by atoms with E-state index < -0.39 is 0 Å². The van der Waals surface area contributed by atoms with Gasteiger partial charge in [-0.3, -0.25) is 0 Å². The second-order valence-corrected chi connectivity index (χ2v) is 7.00. The summed E-state index contributed by atoms with van der Waals surface area (Å²) in [6, 6.07) is 19.1. The molecule has 24 heavy (non-hydrogen) atoms. The Labute approximate surface area is 150 Å². The Kier molecular flexibility index (Phi) is 4.17. The molecule has 1 aliphatic heterocycles. The van der Waals surface area contributed by atoms with Crippen molar-refractivity contribution < 1.29 is 4.74 Å². The predicted molar refractivity (Wildman–Crippen MR) is 101 cm³/mol. The van der Waals surface area contributed by atoms with Crippen LogP contribution in [0.4, 0.5) is 5.69 Å². The topological polar surface area (TPSA) is 17.4 Å². The standard InChI is InChI=1S/C20H19BrN2O/c1-15-2-6-19(7-3-15)23-12-13-24-20(23)16-10-11-22(14-16)18-8-4-17(21)5-9-18/h2-11,14,20H,12-13H2,1H3. The molecule has 0 saturated carbocycles. The summed E-state index contributed by atoms with van der Waals surface area (Å²) in [5, 5.41) is 0. The van der Waals surface area contributed by atoms with Crippen molar-refractivity contribution in [1.82, 2.24) is 4.57 Å². The van der Waals surface area contributed by atoms with Gasteiger partial charge in [0.05, 0.1) is 6.61 Å². The minimum atomic E-state index is -0.0237. The molecule has 1 atom stereocenters. The first-order valence-electron chi connectivity index (χ1n) is 8.09. The molecule has 3 aromatic rings. The van der Waals surface area contributed by atoms with E-state index in [-0.39, 0.29) is 6.23 Å². The number of aromatic nitrogens is 1. The van der Waals surface area contributed by atoms with Crippen LogP contribution in [0.25, 0.3) is 5.69 Å². The maximum atomic E-state index is 6.01. The fourth-order valence-electron chi connectivity index (χ4n) is 3.08. The second-order valence-electron chi connectivity index (χ2n) is 6.08. The molecule has 1 fully saturated rings. The van der Waals surface area contributed by atoms with Crippen LogP contribution in [-0.4, -0.2) is 17.7 Å². The molecule has 0 amide bonds. The van der Waals surface area contributed by atoms with E-state index in [9.17, 15) is 0 Å². The molecule has 122 valence electrons. The first-order valence-corrected chi connectivity index (χ1v) is 8.89. The van der Waals surface area contributed by atoms with E-state index in [0.717, 1.165) is 23.3 Å². The maximum Gasteiger partial charge on any atom is 0.158 e. The molecule has 3 nitrogen and oxygen atoms in total. The van der Waals surface area contributed by atoms with Crippen LogP contribution in [0.15, 0.2) is 71.5 Å². The van der Waals surface area contributed by atoms with Gasteiger partial charge in [-0.1, -0.05) is 33.6 Å². The third kappa shape index (κ3) is 2.99. The Morgan fingerprint density at radius 1 is 0.958 bits per heavy atom. The summed E-state index contributed by atoms with van der Waals surface area (Å²) in [7, 11) is 0. The van der Waals surface area contributed by atoms with E-state index in [1.54, 1.807) is 0 Å². The van der Waals surface area contributed by atoms with Crippen molar-refractivity contribution in [2.75, 3.05) is 18.1 Å². The number of aryl methyl sites for hydroxylation is 1. The van der Waals surface area contributed by atoms with Gasteiger partial charge in [0.15, 0.2) is 6.23 Å². The highest BCUT2D eigenvalue weighted by atomic mass is 79.9. The van der Waals surface area contributed by atoms with Crippen LogP contribution in [0, 0.1) is 6.92 Å². The van der Waals surface area contributed by atoms with Crippen molar-refractivity contribution in [1.29, 1.82) is 0 Å². The van der Waals surface area contributed by atoms with Gasteiger partial charge in [0.2, 0.25) is 0 Å². The normalized spacial score (nSPS) is 17.4. The molecule has 1 saturated heterocycles.